The summed E-state index contributed by atoms with van der Waals surface area (Å²) in [7, 11) is 0. The van der Waals surface area contributed by atoms with E-state index in [1.54, 1.807) is 6.07 Å². The lowest BCUT2D eigenvalue weighted by molar-refractivity contribution is 0.475. The largest absolute Gasteiger partial charge is 0.508 e. The second-order valence-corrected chi connectivity index (χ2v) is 3.61. The number of aromatic hydroxyl groups is 1. The van der Waals surface area contributed by atoms with E-state index in [-0.39, 0.29) is 11.3 Å². The quantitative estimate of drug-likeness (QED) is 0.514. The lowest BCUT2D eigenvalue weighted by Gasteiger charge is -2.06. The Morgan fingerprint density at radius 3 is 2.73 bits per heavy atom. The van der Waals surface area contributed by atoms with Crippen molar-refractivity contribution in [1.82, 2.24) is 0 Å². The molecular weight excluding hydrogens is 211 g/mol. The van der Waals surface area contributed by atoms with Crippen molar-refractivity contribution in [3.05, 3.63) is 35.6 Å². The molecule has 74 valence electrons. The van der Waals surface area contributed by atoms with Gasteiger partial charge in [-0.2, -0.15) is 0 Å². The Kier molecular flexibility index (Phi) is 2.29. The molecular formula is C12H7FOS. The van der Waals surface area contributed by atoms with Gasteiger partial charge in [0.15, 0.2) is 0 Å². The topological polar surface area (TPSA) is 20.2 Å². The third-order valence-electron chi connectivity index (χ3n) is 2.18. The maximum Gasteiger partial charge on any atom is 0.139 e. The number of phenolic OH excluding ortho intramolecular Hbond substituents is 1. The molecule has 0 aliphatic heterocycles. The molecule has 0 atom stereocenters. The van der Waals surface area contributed by atoms with Crippen LogP contribution in [0.5, 0.6) is 5.75 Å². The van der Waals surface area contributed by atoms with Crippen molar-refractivity contribution in [3.8, 4) is 18.1 Å². The van der Waals surface area contributed by atoms with Gasteiger partial charge >= 0.3 is 0 Å². The summed E-state index contributed by atoms with van der Waals surface area (Å²) in [6, 6.07) is 5.80. The van der Waals surface area contributed by atoms with E-state index in [0.717, 1.165) is 0 Å². The summed E-state index contributed by atoms with van der Waals surface area (Å²) in [5.74, 6) is 1.93. The molecule has 2 aromatic carbocycles. The number of phenols is 1. The summed E-state index contributed by atoms with van der Waals surface area (Å²) in [6.07, 6.45) is 5.24. The number of hydrogen-bond acceptors (Lipinski definition) is 2. The number of fused-ring (bicyclic) bond motifs is 1. The number of rotatable bonds is 0. The van der Waals surface area contributed by atoms with Gasteiger partial charge in [-0.3, -0.25) is 0 Å². The van der Waals surface area contributed by atoms with Crippen LogP contribution in [0.4, 0.5) is 4.39 Å². The molecule has 1 N–H and O–H groups in total. The number of hydrogen-bond donors (Lipinski definition) is 2. The van der Waals surface area contributed by atoms with Gasteiger partial charge in [-0.15, -0.1) is 19.1 Å². The Balaban J connectivity index is 3.00. The molecule has 0 saturated heterocycles. The molecule has 3 heteroatoms. The van der Waals surface area contributed by atoms with Gasteiger partial charge in [-0.05, 0) is 23.6 Å². The maximum absolute atomic E-state index is 13.4. The third-order valence-corrected chi connectivity index (χ3v) is 2.53. The van der Waals surface area contributed by atoms with Crippen molar-refractivity contribution in [2.75, 3.05) is 0 Å². The molecule has 0 saturated carbocycles. The summed E-state index contributed by atoms with van der Waals surface area (Å²) < 4.78 is 13.4. The number of halogens is 1. The second kappa shape index (κ2) is 3.48. The monoisotopic (exact) mass is 218 g/mol. The first-order valence-electron chi connectivity index (χ1n) is 4.24. The van der Waals surface area contributed by atoms with Gasteiger partial charge < -0.3 is 5.11 Å². The number of benzene rings is 2. The van der Waals surface area contributed by atoms with Crippen molar-refractivity contribution >= 4 is 23.4 Å². The van der Waals surface area contributed by atoms with E-state index in [1.165, 1.54) is 18.2 Å². The molecule has 0 bridgehead atoms. The fraction of sp³-hybridized carbons (Fsp3) is 0. The van der Waals surface area contributed by atoms with E-state index < -0.39 is 5.82 Å². The summed E-state index contributed by atoms with van der Waals surface area (Å²) in [5, 5.41) is 10.6. The van der Waals surface area contributed by atoms with Crippen molar-refractivity contribution in [2.24, 2.45) is 0 Å². The highest BCUT2D eigenvalue weighted by atomic mass is 32.1. The molecule has 2 rings (SSSR count). The van der Waals surface area contributed by atoms with Crippen LogP contribution >= 0.6 is 12.6 Å². The second-order valence-electron chi connectivity index (χ2n) is 3.13. The zero-order chi connectivity index (χ0) is 11.0. The highest BCUT2D eigenvalue weighted by molar-refractivity contribution is 7.80. The molecule has 0 fully saturated rings. The molecule has 0 amide bonds. The molecule has 2 aromatic rings. The van der Waals surface area contributed by atoms with Gasteiger partial charge in [0.25, 0.3) is 0 Å². The van der Waals surface area contributed by atoms with Crippen LogP contribution < -0.4 is 0 Å². The Morgan fingerprint density at radius 2 is 2.07 bits per heavy atom. The van der Waals surface area contributed by atoms with Gasteiger partial charge in [0, 0.05) is 10.3 Å². The first kappa shape index (κ1) is 9.88. The zero-order valence-corrected chi connectivity index (χ0v) is 8.55. The van der Waals surface area contributed by atoms with Crippen LogP contribution in [0.15, 0.2) is 29.2 Å². The fourth-order valence-corrected chi connectivity index (χ4v) is 1.92. The minimum absolute atomic E-state index is 0.0853. The summed E-state index contributed by atoms with van der Waals surface area (Å²) >= 11 is 4.17. The van der Waals surface area contributed by atoms with E-state index in [4.69, 9.17) is 6.42 Å². The van der Waals surface area contributed by atoms with Crippen LogP contribution in [0.1, 0.15) is 5.56 Å². The van der Waals surface area contributed by atoms with Crippen molar-refractivity contribution in [2.45, 2.75) is 4.90 Å². The maximum atomic E-state index is 13.4. The van der Waals surface area contributed by atoms with Gasteiger partial charge in [-0.1, -0.05) is 12.0 Å². The van der Waals surface area contributed by atoms with Crippen LogP contribution in [-0.2, 0) is 0 Å². The van der Waals surface area contributed by atoms with E-state index in [0.29, 0.717) is 15.7 Å². The van der Waals surface area contributed by atoms with Crippen LogP contribution in [-0.4, -0.2) is 5.11 Å². The Labute approximate surface area is 92.0 Å². The SMILES string of the molecule is C#Cc1c(F)ccc2cc(O)cc(S)c12. The highest BCUT2D eigenvalue weighted by Crippen LogP contribution is 2.30. The van der Waals surface area contributed by atoms with E-state index in [1.807, 2.05) is 0 Å². The molecule has 0 aliphatic rings. The molecule has 15 heavy (non-hydrogen) atoms. The Bertz CT molecular complexity index is 584. The van der Waals surface area contributed by atoms with Crippen molar-refractivity contribution in [3.63, 3.8) is 0 Å². The highest BCUT2D eigenvalue weighted by Gasteiger charge is 2.09. The van der Waals surface area contributed by atoms with E-state index >= 15 is 0 Å². The average molecular weight is 218 g/mol. The predicted octanol–water partition coefficient (Wildman–Crippen LogP) is 2.95. The lowest BCUT2D eigenvalue weighted by Crippen LogP contribution is -1.87. The van der Waals surface area contributed by atoms with Crippen molar-refractivity contribution in [1.29, 1.82) is 0 Å². The Hall–Kier alpha value is -1.66. The van der Waals surface area contributed by atoms with E-state index in [9.17, 15) is 9.50 Å². The Morgan fingerprint density at radius 1 is 1.33 bits per heavy atom. The predicted molar refractivity (Wildman–Crippen MR) is 60.8 cm³/mol. The molecule has 0 heterocycles. The molecule has 0 aromatic heterocycles. The average Bonchev–Trinajstić information content (AvgIpc) is 2.18. The van der Waals surface area contributed by atoms with Gasteiger partial charge in [-0.25, -0.2) is 4.39 Å². The van der Waals surface area contributed by atoms with Gasteiger partial charge in [0.2, 0.25) is 0 Å². The molecule has 0 aliphatic carbocycles. The number of terminal acetylenes is 1. The van der Waals surface area contributed by atoms with E-state index in [2.05, 4.69) is 18.5 Å². The van der Waals surface area contributed by atoms with Crippen molar-refractivity contribution < 1.29 is 9.50 Å². The van der Waals surface area contributed by atoms with Crippen LogP contribution in [0.25, 0.3) is 10.8 Å². The summed E-state index contributed by atoms with van der Waals surface area (Å²) in [6.45, 7) is 0. The first-order valence-corrected chi connectivity index (χ1v) is 4.69. The van der Waals surface area contributed by atoms with Gasteiger partial charge in [0.1, 0.15) is 11.6 Å². The van der Waals surface area contributed by atoms with Crippen LogP contribution in [0, 0.1) is 18.2 Å². The summed E-state index contributed by atoms with van der Waals surface area (Å²) in [5.41, 5.74) is 0.178. The first-order chi connectivity index (χ1) is 7.13. The zero-order valence-electron chi connectivity index (χ0n) is 7.66. The van der Waals surface area contributed by atoms with Crippen LogP contribution in [0.2, 0.25) is 0 Å². The third kappa shape index (κ3) is 1.53. The molecule has 0 unspecified atom stereocenters. The minimum Gasteiger partial charge on any atom is -0.508 e. The minimum atomic E-state index is -0.453. The van der Waals surface area contributed by atoms with Gasteiger partial charge in [0.05, 0.1) is 5.56 Å². The standard InChI is InChI=1S/C12H7FOS/c1-2-9-10(13)4-3-7-5-8(14)6-11(15)12(7)9/h1,3-6,14-15H. The van der Waals surface area contributed by atoms with Crippen LogP contribution in [0.3, 0.4) is 0 Å². The molecule has 0 radical (unpaired) electrons. The molecule has 1 nitrogen and oxygen atoms in total. The summed E-state index contributed by atoms with van der Waals surface area (Å²) in [4.78, 5) is 0.470. The lowest BCUT2D eigenvalue weighted by atomic mass is 10.0. The normalized spacial score (nSPS) is 10.2. The molecule has 0 spiro atoms. The number of thiol groups is 1. The fourth-order valence-electron chi connectivity index (χ4n) is 1.54. The smallest absolute Gasteiger partial charge is 0.139 e.